The van der Waals surface area contributed by atoms with E-state index < -0.39 is 29.9 Å². The number of benzene rings is 1. The molecule has 37 heavy (non-hydrogen) atoms. The molecule has 5 atom stereocenters. The van der Waals surface area contributed by atoms with Crippen molar-refractivity contribution in [2.75, 3.05) is 27.3 Å². The Balaban J connectivity index is 1.38. The molecule has 10 nitrogen and oxygen atoms in total. The van der Waals surface area contributed by atoms with Gasteiger partial charge in [-0.3, -0.25) is 19.2 Å². The van der Waals surface area contributed by atoms with Gasteiger partial charge in [0.05, 0.1) is 14.2 Å². The van der Waals surface area contributed by atoms with E-state index >= 15 is 0 Å². The van der Waals surface area contributed by atoms with E-state index in [4.69, 9.17) is 9.47 Å². The fourth-order valence-electron chi connectivity index (χ4n) is 6.32. The molecule has 1 aliphatic carbocycles. The Morgan fingerprint density at radius 3 is 2.76 bits per heavy atom. The van der Waals surface area contributed by atoms with Crippen LogP contribution in [-0.2, 0) is 19.1 Å². The summed E-state index contributed by atoms with van der Waals surface area (Å²) < 4.78 is 10.4. The van der Waals surface area contributed by atoms with E-state index in [9.17, 15) is 19.2 Å². The maximum absolute atomic E-state index is 13.7. The van der Waals surface area contributed by atoms with Gasteiger partial charge in [-0.1, -0.05) is 12.5 Å². The van der Waals surface area contributed by atoms with Crippen LogP contribution in [0.15, 0.2) is 24.3 Å². The van der Waals surface area contributed by atoms with Crippen LogP contribution < -0.4 is 15.4 Å². The van der Waals surface area contributed by atoms with Crippen LogP contribution in [0.3, 0.4) is 0 Å². The monoisotopic (exact) mass is 510 g/mol. The van der Waals surface area contributed by atoms with E-state index in [0.29, 0.717) is 31.0 Å². The smallest absolute Gasteiger partial charge is 0.318 e. The molecule has 1 saturated carbocycles. The second-order valence-electron chi connectivity index (χ2n) is 10.3. The van der Waals surface area contributed by atoms with Crippen molar-refractivity contribution in [3.63, 3.8) is 0 Å². The van der Waals surface area contributed by atoms with Crippen LogP contribution in [0.5, 0.6) is 5.75 Å². The number of H-pyrrole nitrogens is 1. The average Bonchev–Trinajstić information content (AvgIpc) is 3.63. The number of methoxy groups -OCH3 is 2. The summed E-state index contributed by atoms with van der Waals surface area (Å²) in [5.41, 5.74) is 1.21. The van der Waals surface area contributed by atoms with Crippen molar-refractivity contribution >= 4 is 34.6 Å². The number of aromatic amines is 1. The van der Waals surface area contributed by atoms with Crippen molar-refractivity contribution in [1.82, 2.24) is 20.5 Å². The van der Waals surface area contributed by atoms with Gasteiger partial charge in [0, 0.05) is 35.8 Å². The number of ether oxygens (including phenoxy) is 2. The third-order valence-corrected chi connectivity index (χ3v) is 8.24. The molecule has 3 N–H and O–H groups in total. The van der Waals surface area contributed by atoms with Crippen LogP contribution in [-0.4, -0.2) is 67.0 Å². The van der Waals surface area contributed by atoms with E-state index in [1.165, 1.54) is 7.11 Å². The van der Waals surface area contributed by atoms with Gasteiger partial charge < -0.3 is 30.0 Å². The van der Waals surface area contributed by atoms with Crippen molar-refractivity contribution in [1.29, 1.82) is 0 Å². The molecule has 0 radical (unpaired) electrons. The van der Waals surface area contributed by atoms with Crippen molar-refractivity contribution in [3.05, 3.63) is 30.0 Å². The SMILES string of the molecule is COC(=O)[C@@H](C[C@@H]1CCCNC1=O)C(=O)N[C@@H]1[C@H]2CCC[C@H]2CN1C(=O)c1cc2c(OC)cccc2[nH]1. The van der Waals surface area contributed by atoms with E-state index in [-0.39, 0.29) is 30.1 Å². The summed E-state index contributed by atoms with van der Waals surface area (Å²) in [6, 6.07) is 7.36. The maximum atomic E-state index is 13.7. The molecule has 10 heteroatoms. The largest absolute Gasteiger partial charge is 0.496 e. The van der Waals surface area contributed by atoms with E-state index in [2.05, 4.69) is 15.6 Å². The number of nitrogens with one attached hydrogen (secondary N) is 3. The average molecular weight is 511 g/mol. The predicted molar refractivity (Wildman–Crippen MR) is 135 cm³/mol. The molecule has 1 aromatic heterocycles. The molecule has 3 amide bonds. The minimum atomic E-state index is -1.12. The molecule has 2 aliphatic heterocycles. The van der Waals surface area contributed by atoms with Crippen LogP contribution in [0.2, 0.25) is 0 Å². The van der Waals surface area contributed by atoms with Gasteiger partial charge in [-0.2, -0.15) is 0 Å². The van der Waals surface area contributed by atoms with Crippen LogP contribution in [0.1, 0.15) is 49.0 Å². The molecule has 3 aliphatic rings. The number of hydrogen-bond donors (Lipinski definition) is 3. The zero-order chi connectivity index (χ0) is 26.1. The molecule has 5 rings (SSSR count). The normalized spacial score (nSPS) is 25.9. The summed E-state index contributed by atoms with van der Waals surface area (Å²) in [7, 11) is 2.83. The number of hydrogen-bond acceptors (Lipinski definition) is 6. The van der Waals surface area contributed by atoms with E-state index in [0.717, 1.165) is 36.6 Å². The van der Waals surface area contributed by atoms with Gasteiger partial charge in [-0.15, -0.1) is 0 Å². The third kappa shape index (κ3) is 4.76. The number of rotatable bonds is 7. The Bertz CT molecular complexity index is 1210. The summed E-state index contributed by atoms with van der Waals surface area (Å²) in [4.78, 5) is 57.1. The number of esters is 1. The minimum Gasteiger partial charge on any atom is -0.496 e. The standard InChI is InChI=1S/C27H34N4O6/c1-36-22-10-4-9-20-18(22)13-21(29-20)26(34)31-14-16-6-3-8-17(16)23(31)30-25(33)19(27(35)37-2)12-15-7-5-11-28-24(15)32/h4,9-10,13,15-17,19,23,29H,3,5-8,11-12,14H2,1-2H3,(H,28,32)(H,30,33)/t15-,16-,17-,19-,23-/m0/s1. The van der Waals surface area contributed by atoms with Crippen molar-refractivity contribution in [2.24, 2.45) is 23.7 Å². The molecule has 2 saturated heterocycles. The van der Waals surface area contributed by atoms with Crippen molar-refractivity contribution in [2.45, 2.75) is 44.7 Å². The van der Waals surface area contributed by atoms with Crippen LogP contribution >= 0.6 is 0 Å². The van der Waals surface area contributed by atoms with E-state index in [1.54, 1.807) is 18.1 Å². The number of amides is 3. The number of nitrogens with zero attached hydrogens (tertiary/aromatic N) is 1. The fraction of sp³-hybridized carbons (Fsp3) is 0.556. The molecule has 0 bridgehead atoms. The number of carbonyl (C=O) groups excluding carboxylic acids is 4. The summed E-state index contributed by atoms with van der Waals surface area (Å²) >= 11 is 0. The zero-order valence-electron chi connectivity index (χ0n) is 21.2. The topological polar surface area (TPSA) is 130 Å². The molecule has 198 valence electrons. The predicted octanol–water partition coefficient (Wildman–Crippen LogP) is 2.20. The summed E-state index contributed by atoms with van der Waals surface area (Å²) in [6.45, 7) is 1.14. The van der Waals surface area contributed by atoms with E-state index in [1.807, 2.05) is 18.2 Å². The first-order valence-electron chi connectivity index (χ1n) is 13.0. The van der Waals surface area contributed by atoms with Crippen molar-refractivity contribution < 1.29 is 28.7 Å². The molecular formula is C27H34N4O6. The zero-order valence-corrected chi connectivity index (χ0v) is 21.2. The first-order chi connectivity index (χ1) is 17.9. The Labute approximate surface area is 215 Å². The van der Waals surface area contributed by atoms with Crippen LogP contribution in [0, 0.1) is 23.7 Å². The highest BCUT2D eigenvalue weighted by Crippen LogP contribution is 2.42. The quantitative estimate of drug-likeness (QED) is 0.387. The highest BCUT2D eigenvalue weighted by Gasteiger charge is 2.48. The lowest BCUT2D eigenvalue weighted by molar-refractivity contribution is -0.151. The van der Waals surface area contributed by atoms with Gasteiger partial charge in [0.15, 0.2) is 0 Å². The summed E-state index contributed by atoms with van der Waals surface area (Å²) in [5.74, 6) is -1.99. The minimum absolute atomic E-state index is 0.0842. The number of likely N-dealkylation sites (tertiary alicyclic amines) is 1. The molecule has 3 fully saturated rings. The highest BCUT2D eigenvalue weighted by molar-refractivity contribution is 6.01. The molecule has 0 unspecified atom stereocenters. The Hall–Kier alpha value is -3.56. The van der Waals surface area contributed by atoms with Gasteiger partial charge in [-0.05, 0) is 56.2 Å². The molecular weight excluding hydrogens is 476 g/mol. The van der Waals surface area contributed by atoms with Gasteiger partial charge in [0.25, 0.3) is 5.91 Å². The Morgan fingerprint density at radius 2 is 2.00 bits per heavy atom. The lowest BCUT2D eigenvalue weighted by Gasteiger charge is -2.30. The van der Waals surface area contributed by atoms with Crippen LogP contribution in [0.25, 0.3) is 10.9 Å². The lowest BCUT2D eigenvalue weighted by Crippen LogP contribution is -2.53. The fourth-order valence-corrected chi connectivity index (χ4v) is 6.32. The van der Waals surface area contributed by atoms with Gasteiger partial charge in [-0.25, -0.2) is 0 Å². The van der Waals surface area contributed by atoms with Crippen LogP contribution in [0.4, 0.5) is 0 Å². The third-order valence-electron chi connectivity index (χ3n) is 8.24. The number of aromatic nitrogens is 1. The number of fused-ring (bicyclic) bond motifs is 2. The lowest BCUT2D eigenvalue weighted by atomic mass is 9.87. The first-order valence-corrected chi connectivity index (χ1v) is 13.0. The number of piperidine rings is 1. The first kappa shape index (κ1) is 25.1. The summed E-state index contributed by atoms with van der Waals surface area (Å²) in [6.07, 6.45) is 3.90. The molecule has 2 aromatic rings. The van der Waals surface area contributed by atoms with Gasteiger partial charge in [0.2, 0.25) is 11.8 Å². The summed E-state index contributed by atoms with van der Waals surface area (Å²) in [5, 5.41) is 6.64. The Morgan fingerprint density at radius 1 is 1.16 bits per heavy atom. The molecule has 1 aromatic carbocycles. The van der Waals surface area contributed by atoms with Gasteiger partial charge in [0.1, 0.15) is 23.5 Å². The second-order valence-corrected chi connectivity index (χ2v) is 10.3. The molecule has 0 spiro atoms. The number of carbonyl (C=O) groups is 4. The molecule has 3 heterocycles. The second kappa shape index (κ2) is 10.4. The Kier molecular flexibility index (Phi) is 7.08. The van der Waals surface area contributed by atoms with Crippen molar-refractivity contribution in [3.8, 4) is 5.75 Å². The van der Waals surface area contributed by atoms with Gasteiger partial charge >= 0.3 is 5.97 Å². The maximum Gasteiger partial charge on any atom is 0.318 e. The highest BCUT2D eigenvalue weighted by atomic mass is 16.5.